The fourth-order valence-electron chi connectivity index (χ4n) is 3.13. The van der Waals surface area contributed by atoms with Crippen LogP contribution in [0.3, 0.4) is 0 Å². The van der Waals surface area contributed by atoms with Gasteiger partial charge < -0.3 is 10.6 Å². The van der Waals surface area contributed by atoms with Gasteiger partial charge in [-0.05, 0) is 44.7 Å². The number of ketones is 1. The minimum Gasteiger partial charge on any atom is -0.388 e. The van der Waals surface area contributed by atoms with Crippen molar-refractivity contribution in [3.8, 4) is 0 Å². The largest absolute Gasteiger partial charge is 0.388 e. The minimum absolute atomic E-state index is 0.257. The molecule has 1 fully saturated rings. The van der Waals surface area contributed by atoms with E-state index in [9.17, 15) is 4.79 Å². The van der Waals surface area contributed by atoms with Gasteiger partial charge in [0.25, 0.3) is 0 Å². The van der Waals surface area contributed by atoms with E-state index in [-0.39, 0.29) is 5.84 Å². The summed E-state index contributed by atoms with van der Waals surface area (Å²) >= 11 is 0. The first-order valence-corrected chi connectivity index (χ1v) is 8.68. The number of piperidine rings is 1. The number of Topliss-reactive ketones (excluding diaryl/α,β-unsaturated/α-hetero) is 1. The molecule has 1 rings (SSSR count). The maximum absolute atomic E-state index is 11.9. The average molecular weight is 295 g/mol. The molecule has 1 aliphatic heterocycles. The third kappa shape index (κ3) is 8.86. The Balaban J connectivity index is 1.99. The quantitative estimate of drug-likeness (QED) is 0.349. The molecular formula is C17H33N3O. The Morgan fingerprint density at radius 3 is 2.43 bits per heavy atom. The van der Waals surface area contributed by atoms with E-state index in [1.165, 1.54) is 38.8 Å². The molecule has 122 valence electrons. The first kappa shape index (κ1) is 18.1. The molecule has 21 heavy (non-hydrogen) atoms. The number of hydrogen-bond acceptors (Lipinski definition) is 3. The molecule has 0 aliphatic carbocycles. The van der Waals surface area contributed by atoms with E-state index >= 15 is 0 Å². The first-order chi connectivity index (χ1) is 10.1. The molecule has 4 heteroatoms. The Morgan fingerprint density at radius 1 is 1.14 bits per heavy atom. The number of nitrogens with zero attached hydrogens (tertiary/aromatic N) is 1. The van der Waals surface area contributed by atoms with Gasteiger partial charge in [-0.1, -0.05) is 26.2 Å². The van der Waals surface area contributed by atoms with E-state index in [0.29, 0.717) is 25.0 Å². The monoisotopic (exact) mass is 295 g/mol. The van der Waals surface area contributed by atoms with Crippen LogP contribution in [0.1, 0.15) is 71.1 Å². The second-order valence-corrected chi connectivity index (χ2v) is 6.45. The van der Waals surface area contributed by atoms with Gasteiger partial charge in [0.15, 0.2) is 0 Å². The Bertz CT molecular complexity index is 309. The van der Waals surface area contributed by atoms with Crippen LogP contribution < -0.4 is 5.73 Å². The number of rotatable bonds is 11. The third-order valence-corrected chi connectivity index (χ3v) is 4.51. The number of hydrogen-bond donors (Lipinski definition) is 2. The number of carbonyl (C=O) groups is 1. The summed E-state index contributed by atoms with van der Waals surface area (Å²) in [5.41, 5.74) is 5.30. The van der Waals surface area contributed by atoms with Crippen LogP contribution in [-0.4, -0.2) is 36.2 Å². The third-order valence-electron chi connectivity index (χ3n) is 4.51. The van der Waals surface area contributed by atoms with Crippen molar-refractivity contribution in [1.29, 1.82) is 5.41 Å². The minimum atomic E-state index is 0.257. The van der Waals surface area contributed by atoms with Gasteiger partial charge in [0.1, 0.15) is 5.78 Å². The average Bonchev–Trinajstić information content (AvgIpc) is 2.46. The lowest BCUT2D eigenvalue weighted by Crippen LogP contribution is -2.35. The second kappa shape index (κ2) is 10.8. The van der Waals surface area contributed by atoms with Crippen LogP contribution in [0, 0.1) is 11.3 Å². The molecule has 0 aromatic carbocycles. The summed E-state index contributed by atoms with van der Waals surface area (Å²) in [6, 6.07) is 0. The summed E-state index contributed by atoms with van der Waals surface area (Å²) in [7, 11) is 0. The van der Waals surface area contributed by atoms with Crippen molar-refractivity contribution in [2.24, 2.45) is 11.7 Å². The van der Waals surface area contributed by atoms with Gasteiger partial charge in [0, 0.05) is 25.8 Å². The van der Waals surface area contributed by atoms with Crippen molar-refractivity contribution in [2.75, 3.05) is 19.6 Å². The van der Waals surface area contributed by atoms with Gasteiger partial charge in [-0.3, -0.25) is 10.2 Å². The molecule has 0 radical (unpaired) electrons. The zero-order valence-corrected chi connectivity index (χ0v) is 13.7. The summed E-state index contributed by atoms with van der Waals surface area (Å²) in [5, 5.41) is 7.14. The molecule has 1 saturated heterocycles. The van der Waals surface area contributed by atoms with Gasteiger partial charge >= 0.3 is 0 Å². The Hall–Kier alpha value is -0.900. The van der Waals surface area contributed by atoms with Crippen molar-refractivity contribution in [3.05, 3.63) is 0 Å². The predicted molar refractivity (Wildman–Crippen MR) is 88.7 cm³/mol. The number of unbranched alkanes of at least 4 members (excludes halogenated alkanes) is 2. The number of carbonyl (C=O) groups excluding carboxylic acids is 1. The van der Waals surface area contributed by atoms with Crippen molar-refractivity contribution in [3.63, 3.8) is 0 Å². The molecule has 3 N–H and O–H groups in total. The lowest BCUT2D eigenvalue weighted by atomic mass is 9.92. The molecule has 0 spiro atoms. The molecule has 1 heterocycles. The lowest BCUT2D eigenvalue weighted by Gasteiger charge is -2.31. The Labute approximate surface area is 130 Å². The highest BCUT2D eigenvalue weighted by Crippen LogP contribution is 2.21. The van der Waals surface area contributed by atoms with Crippen LogP contribution >= 0.6 is 0 Å². The van der Waals surface area contributed by atoms with Gasteiger partial charge in [0.05, 0.1) is 5.84 Å². The molecular weight excluding hydrogens is 262 g/mol. The van der Waals surface area contributed by atoms with Gasteiger partial charge in [-0.2, -0.15) is 0 Å². The molecule has 0 amide bonds. The van der Waals surface area contributed by atoms with Gasteiger partial charge in [-0.25, -0.2) is 0 Å². The van der Waals surface area contributed by atoms with Gasteiger partial charge in [-0.15, -0.1) is 0 Å². The van der Waals surface area contributed by atoms with Crippen LogP contribution in [0.4, 0.5) is 0 Å². The number of nitrogens with two attached hydrogens (primary N) is 1. The fraction of sp³-hybridized carbons (Fsp3) is 0.882. The zero-order valence-electron chi connectivity index (χ0n) is 13.7. The van der Waals surface area contributed by atoms with Crippen LogP contribution in [0.2, 0.25) is 0 Å². The number of amidine groups is 1. The molecule has 0 saturated carbocycles. The summed E-state index contributed by atoms with van der Waals surface area (Å²) in [4.78, 5) is 14.3. The van der Waals surface area contributed by atoms with E-state index in [0.717, 1.165) is 31.7 Å². The maximum Gasteiger partial charge on any atom is 0.134 e. The summed E-state index contributed by atoms with van der Waals surface area (Å²) in [5.74, 6) is 1.57. The first-order valence-electron chi connectivity index (χ1n) is 8.68. The van der Waals surface area contributed by atoms with E-state index < -0.39 is 0 Å². The molecule has 0 aromatic rings. The molecule has 0 aromatic heterocycles. The van der Waals surface area contributed by atoms with Crippen molar-refractivity contribution < 1.29 is 4.79 Å². The van der Waals surface area contributed by atoms with Crippen LogP contribution in [0.15, 0.2) is 0 Å². The SMILES string of the molecule is CCCC1CCN(CCC(=O)CCCCCC(=N)N)CC1. The van der Waals surface area contributed by atoms with Crippen molar-refractivity contribution in [2.45, 2.75) is 71.1 Å². The van der Waals surface area contributed by atoms with Crippen molar-refractivity contribution in [1.82, 2.24) is 4.90 Å². The van der Waals surface area contributed by atoms with Gasteiger partial charge in [0.2, 0.25) is 0 Å². The maximum atomic E-state index is 11.9. The normalized spacial score (nSPS) is 17.0. The predicted octanol–water partition coefficient (Wildman–Crippen LogP) is 3.34. The zero-order chi connectivity index (χ0) is 15.5. The standard InChI is InChI=1S/C17H33N3O/c1-2-6-15-9-12-20(13-10-15)14-11-16(21)7-4-3-5-8-17(18)19/h15H,2-14H2,1H3,(H3,18,19). The molecule has 0 unspecified atom stereocenters. The van der Waals surface area contributed by atoms with Crippen LogP contribution in [-0.2, 0) is 4.79 Å². The van der Waals surface area contributed by atoms with E-state index in [4.69, 9.17) is 11.1 Å². The highest BCUT2D eigenvalue weighted by Gasteiger charge is 2.18. The Morgan fingerprint density at radius 2 is 1.81 bits per heavy atom. The topological polar surface area (TPSA) is 70.2 Å². The van der Waals surface area contributed by atoms with E-state index in [1.807, 2.05) is 0 Å². The molecule has 1 aliphatic rings. The highest BCUT2D eigenvalue weighted by molar-refractivity contribution is 5.78. The van der Waals surface area contributed by atoms with Crippen LogP contribution in [0.25, 0.3) is 0 Å². The molecule has 0 bridgehead atoms. The van der Waals surface area contributed by atoms with E-state index in [2.05, 4.69) is 11.8 Å². The molecule has 4 nitrogen and oxygen atoms in total. The number of nitrogens with one attached hydrogen (secondary N) is 1. The second-order valence-electron chi connectivity index (χ2n) is 6.45. The van der Waals surface area contributed by atoms with E-state index in [1.54, 1.807) is 0 Å². The van der Waals surface area contributed by atoms with Crippen molar-refractivity contribution >= 4 is 11.6 Å². The summed E-state index contributed by atoms with van der Waals surface area (Å²) in [6.07, 6.45) is 10.3. The lowest BCUT2D eigenvalue weighted by molar-refractivity contribution is -0.119. The number of likely N-dealkylation sites (tertiary alicyclic amines) is 1. The van der Waals surface area contributed by atoms with Crippen LogP contribution in [0.5, 0.6) is 0 Å². The fourth-order valence-corrected chi connectivity index (χ4v) is 3.13. The smallest absolute Gasteiger partial charge is 0.134 e. The Kier molecular flexibility index (Phi) is 9.31. The summed E-state index contributed by atoms with van der Waals surface area (Å²) < 4.78 is 0. The molecule has 0 atom stereocenters. The highest BCUT2D eigenvalue weighted by atomic mass is 16.1. The summed E-state index contributed by atoms with van der Waals surface area (Å²) in [6.45, 7) is 5.57.